The van der Waals surface area contributed by atoms with Crippen LogP contribution in [0.3, 0.4) is 0 Å². The molecule has 1 unspecified atom stereocenters. The monoisotopic (exact) mass is 313 g/mol. The number of nitrogens with zero attached hydrogens (tertiary/aromatic N) is 1. The number of fused-ring (bicyclic) bond motifs is 2. The molecule has 0 aromatic heterocycles. The first-order chi connectivity index (χ1) is 10.7. The Labute approximate surface area is 135 Å². The molecule has 1 saturated heterocycles. The van der Waals surface area contributed by atoms with Gasteiger partial charge in [0.2, 0.25) is 0 Å². The Kier molecular flexibility index (Phi) is 3.50. The fourth-order valence-corrected chi connectivity index (χ4v) is 5.55. The van der Waals surface area contributed by atoms with E-state index in [4.69, 9.17) is 0 Å². The van der Waals surface area contributed by atoms with Crippen molar-refractivity contribution in [3.63, 3.8) is 0 Å². The summed E-state index contributed by atoms with van der Waals surface area (Å²) in [5.41, 5.74) is 3.87. The molecule has 4 rings (SSSR count). The summed E-state index contributed by atoms with van der Waals surface area (Å²) in [4.78, 5) is 2.38. The summed E-state index contributed by atoms with van der Waals surface area (Å²) in [5, 5.41) is 0.334. The first kappa shape index (κ1) is 14.3. The second kappa shape index (κ2) is 5.39. The van der Waals surface area contributed by atoms with Crippen LogP contribution in [0.5, 0.6) is 0 Å². The van der Waals surface area contributed by atoms with E-state index >= 15 is 0 Å². The average Bonchev–Trinajstić information content (AvgIpc) is 2.85. The van der Waals surface area contributed by atoms with Crippen molar-refractivity contribution in [2.75, 3.05) is 20.1 Å². The van der Waals surface area contributed by atoms with Crippen molar-refractivity contribution in [1.82, 2.24) is 4.90 Å². The summed E-state index contributed by atoms with van der Waals surface area (Å²) in [6, 6.07) is 16.0. The third kappa shape index (κ3) is 2.27. The molecule has 2 aromatic carbocycles. The van der Waals surface area contributed by atoms with E-state index in [2.05, 4.69) is 42.3 Å². The van der Waals surface area contributed by atoms with E-state index < -0.39 is 0 Å². The highest BCUT2D eigenvalue weighted by Crippen LogP contribution is 2.61. The molecule has 0 aliphatic carbocycles. The molecule has 1 spiro atoms. The summed E-state index contributed by atoms with van der Waals surface area (Å²) in [6.45, 7) is 2.18. The van der Waals surface area contributed by atoms with Gasteiger partial charge in [0.05, 0.1) is 5.25 Å². The van der Waals surface area contributed by atoms with E-state index in [0.29, 0.717) is 5.25 Å². The molecule has 3 heteroatoms. The number of halogens is 1. The molecule has 0 radical (unpaired) electrons. The third-order valence-electron chi connectivity index (χ3n) is 5.03. The van der Waals surface area contributed by atoms with Gasteiger partial charge in [0.15, 0.2) is 0 Å². The maximum absolute atomic E-state index is 13.9. The average molecular weight is 313 g/mol. The Morgan fingerprint density at radius 3 is 2.55 bits per heavy atom. The lowest BCUT2D eigenvalue weighted by molar-refractivity contribution is 0.241. The van der Waals surface area contributed by atoms with E-state index in [1.54, 1.807) is 12.1 Å². The largest absolute Gasteiger partial charge is 0.306 e. The topological polar surface area (TPSA) is 3.24 Å². The Morgan fingerprint density at radius 1 is 1.09 bits per heavy atom. The minimum absolute atomic E-state index is 0.0877. The number of rotatable bonds is 1. The van der Waals surface area contributed by atoms with E-state index in [9.17, 15) is 4.39 Å². The van der Waals surface area contributed by atoms with Gasteiger partial charge in [-0.3, -0.25) is 0 Å². The molecule has 2 aromatic rings. The van der Waals surface area contributed by atoms with Crippen LogP contribution < -0.4 is 0 Å². The molecule has 2 aliphatic heterocycles. The summed E-state index contributed by atoms with van der Waals surface area (Å²) >= 11 is 2.03. The lowest BCUT2D eigenvalue weighted by Gasteiger charge is -2.38. The highest BCUT2D eigenvalue weighted by atomic mass is 32.2. The minimum atomic E-state index is -0.105. The number of piperidine rings is 1. The molecular formula is C19H20FNS. The number of hydrogen-bond acceptors (Lipinski definition) is 2. The van der Waals surface area contributed by atoms with Gasteiger partial charge in [-0.1, -0.05) is 36.4 Å². The van der Waals surface area contributed by atoms with Crippen molar-refractivity contribution in [2.24, 2.45) is 0 Å². The molecule has 22 heavy (non-hydrogen) atoms. The minimum Gasteiger partial charge on any atom is -0.306 e. The van der Waals surface area contributed by atoms with Gasteiger partial charge in [-0.2, -0.15) is 0 Å². The van der Waals surface area contributed by atoms with Crippen LogP contribution in [0.1, 0.15) is 34.8 Å². The van der Waals surface area contributed by atoms with Crippen LogP contribution in [0.15, 0.2) is 48.5 Å². The van der Waals surface area contributed by atoms with E-state index in [0.717, 1.165) is 25.9 Å². The summed E-state index contributed by atoms with van der Waals surface area (Å²) in [7, 11) is 2.17. The molecule has 2 heterocycles. The first-order valence-electron chi connectivity index (χ1n) is 7.89. The van der Waals surface area contributed by atoms with E-state index in [1.165, 1.54) is 16.7 Å². The van der Waals surface area contributed by atoms with Crippen molar-refractivity contribution in [3.05, 3.63) is 71.0 Å². The molecule has 1 fully saturated rings. The molecule has 114 valence electrons. The van der Waals surface area contributed by atoms with Crippen molar-refractivity contribution in [3.8, 4) is 0 Å². The number of hydrogen-bond donors (Lipinski definition) is 0. The van der Waals surface area contributed by atoms with Gasteiger partial charge in [-0.05, 0) is 61.8 Å². The first-order valence-corrected chi connectivity index (χ1v) is 8.77. The summed E-state index contributed by atoms with van der Waals surface area (Å²) in [5.74, 6) is -0.105. The molecule has 0 bridgehead atoms. The summed E-state index contributed by atoms with van der Waals surface area (Å²) in [6.07, 6.45) is 2.21. The lowest BCUT2D eigenvalue weighted by Crippen LogP contribution is -2.37. The molecule has 2 aliphatic rings. The zero-order chi connectivity index (χ0) is 15.2. The standard InChI is InChI=1S/C19H20FNS/c1-21-11-9-19(10-12-21)17-13-15(20)7-8-16(17)18(22-19)14-5-3-2-4-6-14/h2-8,13,18H,9-12H2,1H3. The zero-order valence-corrected chi connectivity index (χ0v) is 13.6. The quantitative estimate of drug-likeness (QED) is 0.758. The zero-order valence-electron chi connectivity index (χ0n) is 12.8. The molecule has 1 nitrogen and oxygen atoms in total. The second-order valence-corrected chi connectivity index (χ2v) is 7.93. The third-order valence-corrected chi connectivity index (χ3v) is 6.87. The summed E-state index contributed by atoms with van der Waals surface area (Å²) < 4.78 is 14.0. The number of thioether (sulfide) groups is 1. The molecular weight excluding hydrogens is 293 g/mol. The number of likely N-dealkylation sites (tertiary alicyclic amines) is 1. The van der Waals surface area contributed by atoms with Gasteiger partial charge in [0, 0.05) is 4.75 Å². The molecule has 1 atom stereocenters. The number of benzene rings is 2. The molecule has 0 saturated carbocycles. The molecule has 0 amide bonds. The van der Waals surface area contributed by atoms with Gasteiger partial charge in [-0.15, -0.1) is 11.8 Å². The van der Waals surface area contributed by atoms with Crippen LogP contribution in [-0.4, -0.2) is 25.0 Å². The highest BCUT2D eigenvalue weighted by Gasteiger charge is 2.46. The SMILES string of the molecule is CN1CCC2(CC1)SC(c1ccccc1)c1ccc(F)cc12. The Balaban J connectivity index is 1.80. The molecule has 0 N–H and O–H groups in total. The maximum atomic E-state index is 13.9. The smallest absolute Gasteiger partial charge is 0.123 e. The van der Waals surface area contributed by atoms with Crippen LogP contribution in [0, 0.1) is 5.82 Å². The Morgan fingerprint density at radius 2 is 1.82 bits per heavy atom. The highest BCUT2D eigenvalue weighted by molar-refractivity contribution is 8.01. The van der Waals surface area contributed by atoms with Gasteiger partial charge < -0.3 is 4.90 Å². The normalized spacial score (nSPS) is 23.6. The van der Waals surface area contributed by atoms with Gasteiger partial charge in [0.25, 0.3) is 0 Å². The van der Waals surface area contributed by atoms with Gasteiger partial charge >= 0.3 is 0 Å². The van der Waals surface area contributed by atoms with E-state index in [1.807, 2.05) is 17.8 Å². The Hall–Kier alpha value is -1.32. The van der Waals surface area contributed by atoms with Gasteiger partial charge in [0.1, 0.15) is 5.82 Å². The van der Waals surface area contributed by atoms with E-state index in [-0.39, 0.29) is 10.6 Å². The van der Waals surface area contributed by atoms with Crippen molar-refractivity contribution in [1.29, 1.82) is 0 Å². The fourth-order valence-electron chi connectivity index (χ4n) is 3.75. The second-order valence-electron chi connectivity index (χ2n) is 6.44. The van der Waals surface area contributed by atoms with Gasteiger partial charge in [-0.25, -0.2) is 4.39 Å². The van der Waals surface area contributed by atoms with Crippen molar-refractivity contribution in [2.45, 2.75) is 22.8 Å². The Bertz CT molecular complexity index is 677. The predicted molar refractivity (Wildman–Crippen MR) is 90.7 cm³/mol. The van der Waals surface area contributed by atoms with Crippen molar-refractivity contribution < 1.29 is 4.39 Å². The van der Waals surface area contributed by atoms with Crippen LogP contribution >= 0.6 is 11.8 Å². The maximum Gasteiger partial charge on any atom is 0.123 e. The van der Waals surface area contributed by atoms with Crippen LogP contribution in [0.4, 0.5) is 4.39 Å². The fraction of sp³-hybridized carbons (Fsp3) is 0.368. The van der Waals surface area contributed by atoms with Crippen LogP contribution in [0.25, 0.3) is 0 Å². The predicted octanol–water partition coefficient (Wildman–Crippen LogP) is 4.58. The van der Waals surface area contributed by atoms with Crippen LogP contribution in [-0.2, 0) is 4.75 Å². The van der Waals surface area contributed by atoms with Crippen LogP contribution in [0.2, 0.25) is 0 Å². The lowest BCUT2D eigenvalue weighted by atomic mass is 9.84. The van der Waals surface area contributed by atoms with Crippen molar-refractivity contribution >= 4 is 11.8 Å².